The van der Waals surface area contributed by atoms with Crippen LogP contribution in [0.25, 0.3) is 11.3 Å². The van der Waals surface area contributed by atoms with E-state index in [0.717, 1.165) is 40.1 Å². The van der Waals surface area contributed by atoms with Crippen LogP contribution in [0, 0.1) is 0 Å². The van der Waals surface area contributed by atoms with Crippen molar-refractivity contribution in [1.29, 1.82) is 0 Å². The molecule has 0 fully saturated rings. The number of carbonyl (C=O) groups is 1. The average Bonchev–Trinajstić information content (AvgIpc) is 3.44. The van der Waals surface area contributed by atoms with Gasteiger partial charge in [0.15, 0.2) is 0 Å². The molecular weight excluding hydrogens is 462 g/mol. The summed E-state index contributed by atoms with van der Waals surface area (Å²) in [5, 5.41) is 8.22. The van der Waals surface area contributed by atoms with Gasteiger partial charge in [-0.05, 0) is 41.8 Å². The third-order valence-electron chi connectivity index (χ3n) is 6.17. The van der Waals surface area contributed by atoms with E-state index in [1.807, 2.05) is 83.8 Å². The summed E-state index contributed by atoms with van der Waals surface area (Å²) in [5.74, 6) is 0.716. The second-order valence-corrected chi connectivity index (χ2v) is 8.89. The van der Waals surface area contributed by atoms with Gasteiger partial charge in [-0.1, -0.05) is 66.2 Å². The number of hydrogen-bond acceptors (Lipinski definition) is 4. The van der Waals surface area contributed by atoms with Gasteiger partial charge >= 0.3 is 0 Å². The Morgan fingerprint density at radius 3 is 2.46 bits per heavy atom. The number of ether oxygens (including phenoxy) is 2. The molecule has 3 aromatic carbocycles. The number of benzene rings is 3. The molecule has 1 aliphatic heterocycles. The number of halogens is 1. The van der Waals surface area contributed by atoms with Crippen LogP contribution in [0.3, 0.4) is 0 Å². The van der Waals surface area contributed by atoms with Gasteiger partial charge in [0.25, 0.3) is 5.91 Å². The van der Waals surface area contributed by atoms with Crippen LogP contribution in [0.1, 0.15) is 39.6 Å². The van der Waals surface area contributed by atoms with Crippen molar-refractivity contribution < 1.29 is 14.3 Å². The zero-order valence-electron chi connectivity index (χ0n) is 19.4. The number of aromatic amines is 1. The van der Waals surface area contributed by atoms with Crippen LogP contribution in [0.2, 0.25) is 5.02 Å². The maximum Gasteiger partial charge on any atom is 0.273 e. The van der Waals surface area contributed by atoms with E-state index in [9.17, 15) is 4.79 Å². The van der Waals surface area contributed by atoms with Crippen LogP contribution < -0.4 is 4.74 Å². The zero-order valence-corrected chi connectivity index (χ0v) is 20.2. The molecule has 0 aliphatic carbocycles. The van der Waals surface area contributed by atoms with Gasteiger partial charge in [0.1, 0.15) is 18.1 Å². The summed E-state index contributed by atoms with van der Waals surface area (Å²) in [7, 11) is 1.67. The summed E-state index contributed by atoms with van der Waals surface area (Å²) >= 11 is 5.97. The summed E-state index contributed by atoms with van der Waals surface area (Å²) < 4.78 is 11.2. The van der Waals surface area contributed by atoms with E-state index in [-0.39, 0.29) is 11.9 Å². The fraction of sp³-hybridized carbons (Fsp3) is 0.214. The first-order chi connectivity index (χ1) is 17.2. The molecule has 0 bridgehead atoms. The molecule has 7 heteroatoms. The molecule has 0 saturated heterocycles. The Bertz CT molecular complexity index is 1290. The highest BCUT2D eigenvalue weighted by Crippen LogP contribution is 2.43. The topological polar surface area (TPSA) is 67.5 Å². The molecule has 178 valence electrons. The minimum Gasteiger partial charge on any atom is -0.489 e. The Hall–Kier alpha value is -3.61. The maximum absolute atomic E-state index is 13.3. The molecule has 1 atom stereocenters. The Kier molecular flexibility index (Phi) is 6.84. The van der Waals surface area contributed by atoms with Gasteiger partial charge < -0.3 is 14.4 Å². The minimum atomic E-state index is -0.242. The third-order valence-corrected chi connectivity index (χ3v) is 6.43. The number of fused-ring (bicyclic) bond motifs is 1. The third kappa shape index (κ3) is 4.81. The van der Waals surface area contributed by atoms with Crippen molar-refractivity contribution in [2.75, 3.05) is 20.3 Å². The molecule has 4 aromatic rings. The molecule has 1 aromatic heterocycles. The second kappa shape index (κ2) is 10.3. The van der Waals surface area contributed by atoms with Gasteiger partial charge in [-0.15, -0.1) is 0 Å². The number of hydrogen-bond donors (Lipinski definition) is 1. The number of carbonyl (C=O) groups excluding carboxylic acids is 1. The highest BCUT2D eigenvalue weighted by Gasteiger charge is 2.41. The first-order valence-electron chi connectivity index (χ1n) is 11.6. The molecule has 0 saturated carbocycles. The highest BCUT2D eigenvalue weighted by molar-refractivity contribution is 6.30. The van der Waals surface area contributed by atoms with Gasteiger partial charge in [0, 0.05) is 36.4 Å². The van der Waals surface area contributed by atoms with E-state index in [1.54, 1.807) is 7.11 Å². The molecule has 2 heterocycles. The predicted molar refractivity (Wildman–Crippen MR) is 136 cm³/mol. The predicted octanol–water partition coefficient (Wildman–Crippen LogP) is 5.89. The molecular formula is C28H26ClN3O3. The van der Waals surface area contributed by atoms with E-state index in [2.05, 4.69) is 10.2 Å². The van der Waals surface area contributed by atoms with Gasteiger partial charge in [-0.2, -0.15) is 5.10 Å². The standard InChI is InChI=1S/C28H26ClN3O3/c1-34-17-5-16-32-27(24-25(20-6-3-2-4-7-20)30-31-26(24)28(32)33)21-10-14-23(15-11-21)35-18-19-8-12-22(29)13-9-19/h2-4,6-15,27H,5,16-18H2,1H3,(H,30,31). The van der Waals surface area contributed by atoms with Crippen molar-refractivity contribution in [2.45, 2.75) is 19.1 Å². The van der Waals surface area contributed by atoms with Gasteiger partial charge in [-0.3, -0.25) is 9.89 Å². The van der Waals surface area contributed by atoms with Gasteiger partial charge in [0.05, 0.1) is 11.7 Å². The molecule has 5 rings (SSSR count). The number of aromatic nitrogens is 2. The highest BCUT2D eigenvalue weighted by atomic mass is 35.5. The summed E-state index contributed by atoms with van der Waals surface area (Å²) in [5.41, 5.74) is 5.29. The lowest BCUT2D eigenvalue weighted by Crippen LogP contribution is -2.31. The van der Waals surface area contributed by atoms with E-state index < -0.39 is 0 Å². The molecule has 0 radical (unpaired) electrons. The van der Waals surface area contributed by atoms with E-state index in [1.165, 1.54) is 0 Å². The number of amides is 1. The summed E-state index contributed by atoms with van der Waals surface area (Å²) in [6.45, 7) is 1.63. The summed E-state index contributed by atoms with van der Waals surface area (Å²) in [6.07, 6.45) is 0.749. The number of rotatable bonds is 9. The van der Waals surface area contributed by atoms with Crippen LogP contribution in [-0.4, -0.2) is 41.3 Å². The Morgan fingerprint density at radius 2 is 1.74 bits per heavy atom. The second-order valence-electron chi connectivity index (χ2n) is 8.46. The van der Waals surface area contributed by atoms with Crippen LogP contribution in [-0.2, 0) is 11.3 Å². The fourth-order valence-electron chi connectivity index (χ4n) is 4.46. The molecule has 0 spiro atoms. The van der Waals surface area contributed by atoms with Crippen LogP contribution in [0.4, 0.5) is 0 Å². The monoisotopic (exact) mass is 487 g/mol. The van der Waals surface area contributed by atoms with Crippen LogP contribution in [0.15, 0.2) is 78.9 Å². The fourth-order valence-corrected chi connectivity index (χ4v) is 4.59. The SMILES string of the molecule is COCCCN1C(=O)c2[nH]nc(-c3ccccc3)c2C1c1ccc(OCc2ccc(Cl)cc2)cc1. The van der Waals surface area contributed by atoms with Gasteiger partial charge in [0.2, 0.25) is 0 Å². The first kappa shape index (κ1) is 23.1. The maximum atomic E-state index is 13.3. The zero-order chi connectivity index (χ0) is 24.2. The lowest BCUT2D eigenvalue weighted by atomic mass is 9.96. The van der Waals surface area contributed by atoms with E-state index >= 15 is 0 Å². The Labute approximate surface area is 209 Å². The van der Waals surface area contributed by atoms with Gasteiger partial charge in [-0.25, -0.2) is 0 Å². The number of nitrogens with one attached hydrogen (secondary N) is 1. The molecule has 1 unspecified atom stereocenters. The number of methoxy groups -OCH3 is 1. The molecule has 1 amide bonds. The summed E-state index contributed by atoms with van der Waals surface area (Å²) in [4.78, 5) is 15.3. The quantitative estimate of drug-likeness (QED) is 0.299. The van der Waals surface area contributed by atoms with Crippen molar-refractivity contribution in [2.24, 2.45) is 0 Å². The number of nitrogens with zero attached hydrogens (tertiary/aromatic N) is 2. The van der Waals surface area contributed by atoms with Crippen molar-refractivity contribution in [3.05, 3.63) is 106 Å². The molecule has 1 aliphatic rings. The largest absolute Gasteiger partial charge is 0.489 e. The smallest absolute Gasteiger partial charge is 0.273 e. The minimum absolute atomic E-state index is 0.0427. The molecule has 1 N–H and O–H groups in total. The van der Waals surface area contributed by atoms with Crippen molar-refractivity contribution >= 4 is 17.5 Å². The normalized spacial score (nSPS) is 14.9. The molecule has 35 heavy (non-hydrogen) atoms. The lowest BCUT2D eigenvalue weighted by molar-refractivity contribution is 0.0723. The first-order valence-corrected chi connectivity index (χ1v) is 11.9. The van der Waals surface area contributed by atoms with Crippen molar-refractivity contribution in [3.8, 4) is 17.0 Å². The van der Waals surface area contributed by atoms with E-state index in [4.69, 9.17) is 21.1 Å². The lowest BCUT2D eigenvalue weighted by Gasteiger charge is -2.26. The van der Waals surface area contributed by atoms with E-state index in [0.29, 0.717) is 30.5 Å². The Balaban J connectivity index is 1.43. The van der Waals surface area contributed by atoms with Crippen molar-refractivity contribution in [3.63, 3.8) is 0 Å². The number of H-pyrrole nitrogens is 1. The van der Waals surface area contributed by atoms with Crippen molar-refractivity contribution in [1.82, 2.24) is 15.1 Å². The van der Waals surface area contributed by atoms with Crippen LogP contribution >= 0.6 is 11.6 Å². The average molecular weight is 488 g/mol. The van der Waals surface area contributed by atoms with Crippen LogP contribution in [0.5, 0.6) is 5.75 Å². The Morgan fingerprint density at radius 1 is 1.00 bits per heavy atom. The molecule has 6 nitrogen and oxygen atoms in total. The summed E-state index contributed by atoms with van der Waals surface area (Å²) in [6, 6.07) is 25.3.